The van der Waals surface area contributed by atoms with Gasteiger partial charge in [0.2, 0.25) is 0 Å². The lowest BCUT2D eigenvalue weighted by Crippen LogP contribution is -2.26. The molecule has 4 aromatic rings. The van der Waals surface area contributed by atoms with Crippen molar-refractivity contribution in [3.63, 3.8) is 0 Å². The van der Waals surface area contributed by atoms with Gasteiger partial charge in [-0.1, -0.05) is 54.0 Å². The number of benzene rings is 3. The maximum absolute atomic E-state index is 12.4. The number of nitrogens with one attached hydrogen (secondary N) is 1. The quantitative estimate of drug-likeness (QED) is 0.248. The Morgan fingerprint density at radius 2 is 1.76 bits per heavy atom. The average molecular weight is 520 g/mol. The first-order chi connectivity index (χ1) is 16.5. The summed E-state index contributed by atoms with van der Waals surface area (Å²) >= 11 is 3.40. The summed E-state index contributed by atoms with van der Waals surface area (Å²) in [4.78, 5) is 17.3. The number of aryl methyl sites for hydroxylation is 1. The van der Waals surface area contributed by atoms with Crippen molar-refractivity contribution in [3.8, 4) is 5.75 Å². The van der Waals surface area contributed by atoms with Crippen LogP contribution >= 0.6 is 15.9 Å². The van der Waals surface area contributed by atoms with Gasteiger partial charge in [0.25, 0.3) is 5.91 Å². The highest BCUT2D eigenvalue weighted by Gasteiger charge is 2.11. The molecule has 0 unspecified atom stereocenters. The number of hydrogen-bond acceptors (Lipinski definition) is 3. The number of halogens is 1. The van der Waals surface area contributed by atoms with Gasteiger partial charge in [0.05, 0.1) is 17.6 Å². The number of carbonyl (C=O) groups excluding carboxylic acids is 1. The molecule has 3 aromatic carbocycles. The minimum atomic E-state index is -0.0768. The van der Waals surface area contributed by atoms with Gasteiger partial charge in [-0.2, -0.15) is 0 Å². The lowest BCUT2D eigenvalue weighted by Gasteiger charge is -2.12. The Hall–Kier alpha value is -3.12. The molecule has 1 aromatic heterocycles. The fourth-order valence-electron chi connectivity index (χ4n) is 3.92. The highest BCUT2D eigenvalue weighted by atomic mass is 79.9. The predicted octanol–water partition coefficient (Wildman–Crippen LogP) is 6.36. The van der Waals surface area contributed by atoms with Crippen molar-refractivity contribution in [1.82, 2.24) is 14.9 Å². The number of ether oxygens (including phenoxy) is 1. The summed E-state index contributed by atoms with van der Waals surface area (Å²) in [6.45, 7) is 6.34. The first-order valence-electron chi connectivity index (χ1n) is 11.7. The van der Waals surface area contributed by atoms with Crippen molar-refractivity contribution in [2.75, 3.05) is 13.2 Å². The highest BCUT2D eigenvalue weighted by molar-refractivity contribution is 9.10. The molecule has 0 spiro atoms. The van der Waals surface area contributed by atoms with Crippen LogP contribution in [0.15, 0.2) is 77.3 Å². The molecule has 176 valence electrons. The number of fused-ring (bicyclic) bond motifs is 1. The first-order valence-corrected chi connectivity index (χ1v) is 12.5. The molecule has 0 radical (unpaired) electrons. The van der Waals surface area contributed by atoms with E-state index in [1.165, 1.54) is 5.56 Å². The van der Waals surface area contributed by atoms with Gasteiger partial charge >= 0.3 is 0 Å². The second kappa shape index (κ2) is 11.3. The monoisotopic (exact) mass is 519 g/mol. The van der Waals surface area contributed by atoms with Crippen molar-refractivity contribution >= 4 is 32.9 Å². The number of rotatable bonds is 10. The smallest absolute Gasteiger partial charge is 0.251 e. The molecule has 5 nitrogen and oxygen atoms in total. The van der Waals surface area contributed by atoms with E-state index in [9.17, 15) is 4.79 Å². The largest absolute Gasteiger partial charge is 0.494 e. The van der Waals surface area contributed by atoms with E-state index in [-0.39, 0.29) is 5.91 Å². The Kier molecular flexibility index (Phi) is 8.01. The van der Waals surface area contributed by atoms with E-state index in [2.05, 4.69) is 57.9 Å². The van der Waals surface area contributed by atoms with Crippen LogP contribution in [0, 0.1) is 0 Å². The summed E-state index contributed by atoms with van der Waals surface area (Å²) in [5, 5.41) is 3.01. The van der Waals surface area contributed by atoms with E-state index in [0.29, 0.717) is 31.1 Å². The molecule has 0 saturated carbocycles. The lowest BCUT2D eigenvalue weighted by atomic mass is 10.0. The highest BCUT2D eigenvalue weighted by Crippen LogP contribution is 2.20. The second-order valence-electron chi connectivity index (χ2n) is 8.61. The fourth-order valence-corrected chi connectivity index (χ4v) is 4.18. The number of carbonyl (C=O) groups is 1. The van der Waals surface area contributed by atoms with Crippen LogP contribution in [0.2, 0.25) is 0 Å². The zero-order valence-corrected chi connectivity index (χ0v) is 21.2. The van der Waals surface area contributed by atoms with Crippen LogP contribution < -0.4 is 10.1 Å². The lowest BCUT2D eigenvalue weighted by molar-refractivity contribution is 0.0954. The molecule has 1 N–H and O–H groups in total. The molecule has 0 aliphatic heterocycles. The van der Waals surface area contributed by atoms with Gasteiger partial charge in [0, 0.05) is 29.5 Å². The molecular formula is C28H30BrN3O2. The molecule has 6 heteroatoms. The van der Waals surface area contributed by atoms with Gasteiger partial charge in [0.15, 0.2) is 0 Å². The fraction of sp³-hybridized carbons (Fsp3) is 0.286. The summed E-state index contributed by atoms with van der Waals surface area (Å²) in [6, 6.07) is 23.9. The van der Waals surface area contributed by atoms with E-state index in [0.717, 1.165) is 40.0 Å². The maximum Gasteiger partial charge on any atom is 0.251 e. The Bertz CT molecular complexity index is 1230. The summed E-state index contributed by atoms with van der Waals surface area (Å²) in [7, 11) is 0. The summed E-state index contributed by atoms with van der Waals surface area (Å²) in [5.41, 5.74) is 4.05. The first kappa shape index (κ1) is 24.0. The van der Waals surface area contributed by atoms with E-state index in [1.54, 1.807) is 0 Å². The molecule has 0 aliphatic carbocycles. The summed E-state index contributed by atoms with van der Waals surface area (Å²) in [6.07, 6.45) is 1.53. The Balaban J connectivity index is 1.35. The molecule has 0 bridgehead atoms. The van der Waals surface area contributed by atoms with Gasteiger partial charge in [-0.15, -0.1) is 0 Å². The van der Waals surface area contributed by atoms with Gasteiger partial charge in [-0.3, -0.25) is 4.79 Å². The molecular weight excluding hydrogens is 490 g/mol. The average Bonchev–Trinajstić information content (AvgIpc) is 3.19. The third kappa shape index (κ3) is 6.06. The van der Waals surface area contributed by atoms with Crippen LogP contribution in [-0.2, 0) is 13.0 Å². The normalized spacial score (nSPS) is 11.2. The molecule has 1 heterocycles. The third-order valence-corrected chi connectivity index (χ3v) is 6.34. The van der Waals surface area contributed by atoms with Crippen LogP contribution in [0.3, 0.4) is 0 Å². The van der Waals surface area contributed by atoms with Gasteiger partial charge in [-0.05, 0) is 66.4 Å². The van der Waals surface area contributed by atoms with Gasteiger partial charge in [-0.25, -0.2) is 4.98 Å². The summed E-state index contributed by atoms with van der Waals surface area (Å²) < 4.78 is 9.16. The van der Waals surface area contributed by atoms with Crippen molar-refractivity contribution in [2.24, 2.45) is 0 Å². The molecule has 0 aliphatic rings. The van der Waals surface area contributed by atoms with Gasteiger partial charge < -0.3 is 14.6 Å². The standard InChI is InChI=1S/C28H30BrN3O2/c1-20(2)21-10-14-24(15-11-21)34-19-5-18-32-26-7-4-3-6-25(26)31-27(32)16-17-30-28(33)22-8-12-23(29)13-9-22/h3-4,6-15,20H,5,16-19H2,1-2H3,(H,30,33). The number of amides is 1. The Morgan fingerprint density at radius 3 is 2.50 bits per heavy atom. The van der Waals surface area contributed by atoms with E-state index >= 15 is 0 Å². The molecule has 34 heavy (non-hydrogen) atoms. The molecule has 0 atom stereocenters. The molecule has 4 rings (SSSR count). The second-order valence-corrected chi connectivity index (χ2v) is 9.52. The van der Waals surface area contributed by atoms with Crippen molar-refractivity contribution in [3.05, 3.63) is 94.2 Å². The number of para-hydroxylation sites is 2. The SMILES string of the molecule is CC(C)c1ccc(OCCCn2c(CCNC(=O)c3ccc(Br)cc3)nc3ccccc32)cc1. The topological polar surface area (TPSA) is 56.1 Å². The minimum Gasteiger partial charge on any atom is -0.494 e. The predicted molar refractivity (Wildman–Crippen MR) is 141 cm³/mol. The van der Waals surface area contributed by atoms with E-state index in [1.807, 2.05) is 54.6 Å². The maximum atomic E-state index is 12.4. The molecule has 1 amide bonds. The zero-order chi connectivity index (χ0) is 23.9. The van der Waals surface area contributed by atoms with Crippen molar-refractivity contribution in [2.45, 2.75) is 39.2 Å². The van der Waals surface area contributed by atoms with E-state index in [4.69, 9.17) is 9.72 Å². The van der Waals surface area contributed by atoms with Crippen LogP contribution in [0.4, 0.5) is 0 Å². The minimum absolute atomic E-state index is 0.0768. The van der Waals surface area contributed by atoms with Crippen LogP contribution in [0.1, 0.15) is 47.9 Å². The van der Waals surface area contributed by atoms with Gasteiger partial charge in [0.1, 0.15) is 11.6 Å². The van der Waals surface area contributed by atoms with E-state index < -0.39 is 0 Å². The number of aromatic nitrogens is 2. The molecule has 0 fully saturated rings. The molecule has 0 saturated heterocycles. The number of imidazole rings is 1. The third-order valence-electron chi connectivity index (χ3n) is 5.82. The van der Waals surface area contributed by atoms with Crippen molar-refractivity contribution in [1.29, 1.82) is 0 Å². The van der Waals surface area contributed by atoms with Crippen LogP contribution in [-0.4, -0.2) is 28.6 Å². The van der Waals surface area contributed by atoms with Crippen molar-refractivity contribution < 1.29 is 9.53 Å². The number of nitrogens with zero attached hydrogens (tertiary/aromatic N) is 2. The summed E-state index contributed by atoms with van der Waals surface area (Å²) in [5.74, 6) is 2.31. The van der Waals surface area contributed by atoms with Crippen LogP contribution in [0.5, 0.6) is 5.75 Å². The Labute approximate surface area is 209 Å². The zero-order valence-electron chi connectivity index (χ0n) is 19.6. The Morgan fingerprint density at radius 1 is 1.03 bits per heavy atom. The van der Waals surface area contributed by atoms with Crippen LogP contribution in [0.25, 0.3) is 11.0 Å². The number of hydrogen-bond donors (Lipinski definition) is 1.